The highest BCUT2D eigenvalue weighted by atomic mass is 35.5. The molecular weight excluding hydrogens is 407 g/mol. The third kappa shape index (κ3) is 7.18. The maximum absolute atomic E-state index is 13.1. The van der Waals surface area contributed by atoms with E-state index in [1.807, 2.05) is 35.2 Å². The lowest BCUT2D eigenvalue weighted by Crippen LogP contribution is -2.37. The van der Waals surface area contributed by atoms with Crippen molar-refractivity contribution < 1.29 is 9.18 Å². The summed E-state index contributed by atoms with van der Waals surface area (Å²) in [6, 6.07) is 17.6. The van der Waals surface area contributed by atoms with E-state index in [2.05, 4.69) is 16.8 Å². The van der Waals surface area contributed by atoms with E-state index in [9.17, 15) is 9.18 Å². The van der Waals surface area contributed by atoms with E-state index in [-0.39, 0.29) is 11.8 Å². The lowest BCUT2D eigenvalue weighted by Gasteiger charge is -2.23. The topological polar surface area (TPSA) is 32.3 Å². The van der Waals surface area contributed by atoms with Crippen molar-refractivity contribution in [2.45, 2.75) is 25.7 Å². The van der Waals surface area contributed by atoms with Crippen LogP contribution in [-0.4, -0.2) is 24.0 Å². The highest BCUT2D eigenvalue weighted by molar-refractivity contribution is 7.09. The average Bonchev–Trinajstić information content (AvgIpc) is 3.22. The summed E-state index contributed by atoms with van der Waals surface area (Å²) in [5.74, 6) is -0.322. The van der Waals surface area contributed by atoms with Gasteiger partial charge >= 0.3 is 6.03 Å². The number of carbonyl (C=O) groups is 1. The molecule has 0 radical (unpaired) electrons. The fourth-order valence-corrected chi connectivity index (χ4v) is 4.08. The molecule has 3 nitrogen and oxygen atoms in total. The Hall–Kier alpha value is -2.37. The van der Waals surface area contributed by atoms with Gasteiger partial charge in [0.25, 0.3) is 0 Å². The summed E-state index contributed by atoms with van der Waals surface area (Å²) < 4.78 is 13.1. The number of benzene rings is 2. The van der Waals surface area contributed by atoms with E-state index in [4.69, 9.17) is 11.6 Å². The first-order valence-corrected chi connectivity index (χ1v) is 10.9. The van der Waals surface area contributed by atoms with Crippen LogP contribution in [0.15, 0.2) is 66.0 Å². The van der Waals surface area contributed by atoms with Gasteiger partial charge in [-0.05, 0) is 79.1 Å². The van der Waals surface area contributed by atoms with Crippen molar-refractivity contribution in [1.82, 2.24) is 4.90 Å². The van der Waals surface area contributed by atoms with Crippen LogP contribution in [0.1, 0.15) is 23.3 Å². The van der Waals surface area contributed by atoms with Crippen LogP contribution < -0.4 is 5.32 Å². The molecule has 2 aromatic carbocycles. The summed E-state index contributed by atoms with van der Waals surface area (Å²) >= 11 is 7.79. The molecule has 1 N–H and O–H groups in total. The summed E-state index contributed by atoms with van der Waals surface area (Å²) in [5.41, 5.74) is 1.75. The molecule has 0 aliphatic carbocycles. The molecule has 0 aliphatic rings. The first-order valence-electron chi connectivity index (χ1n) is 9.68. The van der Waals surface area contributed by atoms with E-state index < -0.39 is 0 Å². The molecule has 6 heteroatoms. The number of halogens is 2. The lowest BCUT2D eigenvalue weighted by molar-refractivity contribution is 0.210. The van der Waals surface area contributed by atoms with Crippen molar-refractivity contribution in [3.63, 3.8) is 0 Å². The van der Waals surface area contributed by atoms with Crippen LogP contribution in [0, 0.1) is 5.82 Å². The smallest absolute Gasteiger partial charge is 0.321 e. The molecule has 2 amide bonds. The Morgan fingerprint density at radius 1 is 1.00 bits per heavy atom. The van der Waals surface area contributed by atoms with Gasteiger partial charge in [0.1, 0.15) is 5.82 Å². The van der Waals surface area contributed by atoms with Gasteiger partial charge in [0.2, 0.25) is 0 Å². The number of nitrogens with one attached hydrogen (secondary N) is 1. The van der Waals surface area contributed by atoms with Gasteiger partial charge in [-0.15, -0.1) is 11.3 Å². The van der Waals surface area contributed by atoms with Crippen LogP contribution >= 0.6 is 22.9 Å². The predicted octanol–water partition coefficient (Wildman–Crippen LogP) is 6.64. The molecule has 0 bridgehead atoms. The highest BCUT2D eigenvalue weighted by Crippen LogP contribution is 2.15. The SMILES string of the molecule is O=C(Nc1ccc(F)cc1)N(CCCc1cccc(Cl)c1)CCCc1cccs1. The summed E-state index contributed by atoms with van der Waals surface area (Å²) in [7, 11) is 0. The molecule has 1 aromatic heterocycles. The molecule has 1 heterocycles. The van der Waals surface area contributed by atoms with Gasteiger partial charge in [-0.2, -0.15) is 0 Å². The second-order valence-corrected chi connectivity index (χ2v) is 8.31. The number of hydrogen-bond acceptors (Lipinski definition) is 2. The quantitative estimate of drug-likeness (QED) is 0.405. The maximum atomic E-state index is 13.1. The van der Waals surface area contributed by atoms with E-state index in [1.165, 1.54) is 17.0 Å². The van der Waals surface area contributed by atoms with Crippen LogP contribution in [0.3, 0.4) is 0 Å². The second kappa shape index (κ2) is 11.0. The van der Waals surface area contributed by atoms with E-state index in [0.717, 1.165) is 36.3 Å². The Bertz CT molecular complexity index is 900. The van der Waals surface area contributed by atoms with Gasteiger partial charge in [0, 0.05) is 28.7 Å². The third-order valence-electron chi connectivity index (χ3n) is 4.60. The number of carbonyl (C=O) groups excluding carboxylic acids is 1. The third-order valence-corrected chi connectivity index (χ3v) is 5.77. The number of rotatable bonds is 9. The van der Waals surface area contributed by atoms with Crippen LogP contribution in [-0.2, 0) is 12.8 Å². The monoisotopic (exact) mass is 430 g/mol. The van der Waals surface area contributed by atoms with Gasteiger partial charge in [0.05, 0.1) is 0 Å². The number of hydrogen-bond donors (Lipinski definition) is 1. The first-order chi connectivity index (χ1) is 14.1. The van der Waals surface area contributed by atoms with E-state index >= 15 is 0 Å². The Balaban J connectivity index is 1.56. The summed E-state index contributed by atoms with van der Waals surface area (Å²) in [6.07, 6.45) is 3.54. The fourth-order valence-electron chi connectivity index (χ4n) is 3.12. The second-order valence-electron chi connectivity index (χ2n) is 6.84. The van der Waals surface area contributed by atoms with Crippen molar-refractivity contribution in [2.75, 3.05) is 18.4 Å². The molecule has 0 spiro atoms. The van der Waals surface area contributed by atoms with E-state index in [1.54, 1.807) is 23.5 Å². The van der Waals surface area contributed by atoms with Crippen LogP contribution in [0.4, 0.5) is 14.9 Å². The zero-order valence-corrected chi connectivity index (χ0v) is 17.7. The lowest BCUT2D eigenvalue weighted by atomic mass is 10.1. The Morgan fingerprint density at radius 2 is 1.76 bits per heavy atom. The van der Waals surface area contributed by atoms with Crippen LogP contribution in [0.5, 0.6) is 0 Å². The van der Waals surface area contributed by atoms with Crippen LogP contribution in [0.25, 0.3) is 0 Å². The number of thiophene rings is 1. The predicted molar refractivity (Wildman–Crippen MR) is 119 cm³/mol. The van der Waals surface area contributed by atoms with E-state index in [0.29, 0.717) is 18.8 Å². The molecule has 152 valence electrons. The maximum Gasteiger partial charge on any atom is 0.321 e. The number of aryl methyl sites for hydroxylation is 2. The zero-order valence-electron chi connectivity index (χ0n) is 16.1. The number of anilines is 1. The first kappa shape index (κ1) is 21.3. The van der Waals surface area contributed by atoms with Gasteiger partial charge < -0.3 is 10.2 Å². The molecular formula is C23H24ClFN2OS. The van der Waals surface area contributed by atoms with Gasteiger partial charge in [-0.3, -0.25) is 0 Å². The van der Waals surface area contributed by atoms with Crippen molar-refractivity contribution in [3.8, 4) is 0 Å². The number of amides is 2. The largest absolute Gasteiger partial charge is 0.325 e. The van der Waals surface area contributed by atoms with Crippen molar-refractivity contribution in [2.24, 2.45) is 0 Å². The molecule has 29 heavy (non-hydrogen) atoms. The average molecular weight is 431 g/mol. The van der Waals surface area contributed by atoms with Gasteiger partial charge in [-0.1, -0.05) is 29.8 Å². The molecule has 3 rings (SSSR count). The molecule has 0 aliphatic heterocycles. The Morgan fingerprint density at radius 3 is 2.45 bits per heavy atom. The Kier molecular flexibility index (Phi) is 8.08. The summed E-state index contributed by atoms with van der Waals surface area (Å²) in [4.78, 5) is 15.9. The van der Waals surface area contributed by atoms with Crippen molar-refractivity contribution >= 4 is 34.7 Å². The minimum absolute atomic E-state index is 0.158. The van der Waals surface area contributed by atoms with Gasteiger partial charge in [0.15, 0.2) is 0 Å². The van der Waals surface area contributed by atoms with Crippen LogP contribution in [0.2, 0.25) is 5.02 Å². The minimum Gasteiger partial charge on any atom is -0.325 e. The molecule has 0 saturated carbocycles. The summed E-state index contributed by atoms with van der Waals surface area (Å²) in [5, 5.41) is 5.67. The molecule has 0 unspecified atom stereocenters. The fraction of sp³-hybridized carbons (Fsp3) is 0.261. The van der Waals surface area contributed by atoms with Crippen molar-refractivity contribution in [3.05, 3.63) is 87.3 Å². The molecule has 3 aromatic rings. The molecule has 0 fully saturated rings. The number of nitrogens with zero attached hydrogens (tertiary/aromatic N) is 1. The summed E-state index contributed by atoms with van der Waals surface area (Å²) in [6.45, 7) is 1.31. The zero-order chi connectivity index (χ0) is 20.5. The van der Waals surface area contributed by atoms with Gasteiger partial charge in [-0.25, -0.2) is 9.18 Å². The highest BCUT2D eigenvalue weighted by Gasteiger charge is 2.14. The van der Waals surface area contributed by atoms with Crippen molar-refractivity contribution in [1.29, 1.82) is 0 Å². The minimum atomic E-state index is -0.322. The Labute approximate surface area is 180 Å². The standard InChI is InChI=1S/C23H24ClFN2OS/c24-19-7-1-5-18(17-19)6-2-14-27(15-3-8-22-9-4-16-29-22)23(28)26-21-12-10-20(25)11-13-21/h1,4-5,7,9-13,16-17H,2-3,6,8,14-15H2,(H,26,28). The normalized spacial score (nSPS) is 10.7. The molecule has 0 atom stereocenters. The number of urea groups is 1. The molecule has 0 saturated heterocycles.